The van der Waals surface area contributed by atoms with E-state index in [0.29, 0.717) is 10.7 Å². The molecule has 0 fully saturated rings. The normalized spacial score (nSPS) is 12.3. The summed E-state index contributed by atoms with van der Waals surface area (Å²) < 4.78 is 30.2. The van der Waals surface area contributed by atoms with E-state index in [-0.39, 0.29) is 20.5 Å². The van der Waals surface area contributed by atoms with E-state index in [1.54, 1.807) is 42.5 Å². The second-order valence-corrected chi connectivity index (χ2v) is 8.01. The number of carbonyl (C=O) groups is 1. The molecule has 0 aliphatic heterocycles. The highest BCUT2D eigenvalue weighted by Crippen LogP contribution is 2.15. The summed E-state index contributed by atoms with van der Waals surface area (Å²) in [5, 5.41) is 4.87. The molecule has 2 aromatic carbocycles. The van der Waals surface area contributed by atoms with Gasteiger partial charge in [0, 0.05) is 11.9 Å². The van der Waals surface area contributed by atoms with Crippen LogP contribution >= 0.6 is 22.9 Å². The highest BCUT2D eigenvalue weighted by Gasteiger charge is 2.16. The average Bonchev–Trinajstić information content (AvgIpc) is 3.00. The average molecular weight is 394 g/mol. The molecule has 9 heteroatoms. The number of Topliss-reactive ketones (excluding diaryl/α,β-unsaturated/α-hetero) is 1. The Morgan fingerprint density at radius 1 is 1.12 bits per heavy atom. The van der Waals surface area contributed by atoms with Crippen molar-refractivity contribution in [1.29, 1.82) is 0 Å². The first-order valence-electron chi connectivity index (χ1n) is 7.10. The third-order valence-corrected chi connectivity index (χ3v) is 5.83. The van der Waals surface area contributed by atoms with Crippen LogP contribution in [0.1, 0.15) is 16.7 Å². The molecule has 1 aromatic heterocycles. The van der Waals surface area contributed by atoms with E-state index in [1.165, 1.54) is 23.7 Å². The van der Waals surface area contributed by atoms with Gasteiger partial charge >= 0.3 is 0 Å². The van der Waals surface area contributed by atoms with Crippen molar-refractivity contribution in [2.24, 2.45) is 4.40 Å². The molecule has 0 atom stereocenters. The van der Waals surface area contributed by atoms with E-state index in [2.05, 4.69) is 9.50 Å². The molecule has 0 bridgehead atoms. The topological polar surface area (TPSA) is 81.4 Å². The highest BCUT2D eigenvalue weighted by atomic mass is 35.5. The van der Waals surface area contributed by atoms with Crippen molar-refractivity contribution >= 4 is 38.7 Å². The fourth-order valence-corrected chi connectivity index (χ4v) is 4.11. The third kappa shape index (κ3) is 3.87. The summed E-state index contributed by atoms with van der Waals surface area (Å²) in [7, 11) is -3.93. The van der Waals surface area contributed by atoms with Crippen molar-refractivity contribution in [1.82, 2.24) is 9.78 Å². The minimum atomic E-state index is -3.93. The van der Waals surface area contributed by atoms with Gasteiger partial charge in [-0.25, -0.2) is 4.68 Å². The van der Waals surface area contributed by atoms with Crippen LogP contribution in [0.3, 0.4) is 0 Å². The number of hydrogen-bond donors (Lipinski definition) is 0. The lowest BCUT2D eigenvalue weighted by atomic mass is 10.3. The zero-order valence-electron chi connectivity index (χ0n) is 13.0. The maximum absolute atomic E-state index is 12.5. The number of halogens is 1. The Balaban J connectivity index is 2.21. The van der Waals surface area contributed by atoms with Gasteiger partial charge < -0.3 is 0 Å². The molecule has 1 heterocycles. The molecule has 0 saturated heterocycles. The molecule has 128 valence electrons. The minimum Gasteiger partial charge on any atom is -0.292 e. The molecule has 3 aromatic rings. The first-order valence-corrected chi connectivity index (χ1v) is 9.73. The van der Waals surface area contributed by atoms with Gasteiger partial charge in [-0.05, 0) is 36.4 Å². The zero-order valence-corrected chi connectivity index (χ0v) is 15.3. The Kier molecular flexibility index (Phi) is 4.85. The van der Waals surface area contributed by atoms with Crippen LogP contribution < -0.4 is 4.80 Å². The van der Waals surface area contributed by atoms with Crippen LogP contribution in [-0.2, 0) is 10.0 Å². The fourth-order valence-electron chi connectivity index (χ4n) is 1.98. The molecule has 0 unspecified atom stereocenters. The smallest absolute Gasteiger partial charge is 0.285 e. The van der Waals surface area contributed by atoms with Crippen LogP contribution in [0.4, 0.5) is 0 Å². The largest absolute Gasteiger partial charge is 0.292 e. The second-order valence-electron chi connectivity index (χ2n) is 5.01. The van der Waals surface area contributed by atoms with Crippen LogP contribution in [0.2, 0.25) is 5.02 Å². The number of sulfonamides is 1. The molecular weight excluding hydrogens is 382 g/mol. The highest BCUT2D eigenvalue weighted by molar-refractivity contribution is 7.90. The number of nitrogens with zero attached hydrogens (tertiary/aromatic N) is 3. The van der Waals surface area contributed by atoms with Gasteiger partial charge in [0.1, 0.15) is 0 Å². The van der Waals surface area contributed by atoms with Crippen molar-refractivity contribution in [2.75, 3.05) is 0 Å². The Labute approximate surface area is 153 Å². The van der Waals surface area contributed by atoms with Crippen molar-refractivity contribution in [3.63, 3.8) is 0 Å². The van der Waals surface area contributed by atoms with Crippen LogP contribution in [0.15, 0.2) is 63.9 Å². The number of rotatable bonds is 4. The van der Waals surface area contributed by atoms with Crippen LogP contribution in [0.25, 0.3) is 5.69 Å². The van der Waals surface area contributed by atoms with Crippen molar-refractivity contribution in [2.45, 2.75) is 11.8 Å². The number of ketones is 1. The van der Waals surface area contributed by atoms with Crippen LogP contribution in [0, 0.1) is 0 Å². The van der Waals surface area contributed by atoms with Gasteiger partial charge in [0.15, 0.2) is 10.8 Å². The molecular formula is C16H12ClN3O3S2. The fraction of sp³-hybridized carbons (Fsp3) is 0.0625. The van der Waals surface area contributed by atoms with Gasteiger partial charge in [-0.3, -0.25) is 4.79 Å². The zero-order chi connectivity index (χ0) is 18.0. The van der Waals surface area contributed by atoms with E-state index >= 15 is 0 Å². The summed E-state index contributed by atoms with van der Waals surface area (Å²) in [6.07, 6.45) is 0. The molecule has 25 heavy (non-hydrogen) atoms. The molecule has 0 amide bonds. The molecule has 0 N–H and O–H groups in total. The molecule has 3 rings (SSSR count). The molecule has 6 nitrogen and oxygen atoms in total. The lowest BCUT2D eigenvalue weighted by Crippen LogP contribution is -2.17. The summed E-state index contributed by atoms with van der Waals surface area (Å²) in [5.74, 6) is -0.272. The summed E-state index contributed by atoms with van der Waals surface area (Å²) in [4.78, 5) is 11.8. The van der Waals surface area contributed by atoms with E-state index < -0.39 is 10.0 Å². The van der Waals surface area contributed by atoms with Gasteiger partial charge in [0.25, 0.3) is 10.0 Å². The van der Waals surface area contributed by atoms with Gasteiger partial charge in [-0.1, -0.05) is 41.1 Å². The van der Waals surface area contributed by atoms with E-state index in [4.69, 9.17) is 11.6 Å². The van der Waals surface area contributed by atoms with Crippen LogP contribution in [-0.4, -0.2) is 24.0 Å². The maximum Gasteiger partial charge on any atom is 0.285 e. The van der Waals surface area contributed by atoms with Crippen molar-refractivity contribution in [3.05, 3.63) is 69.4 Å². The van der Waals surface area contributed by atoms with Crippen molar-refractivity contribution < 1.29 is 13.2 Å². The number of benzene rings is 2. The molecule has 0 aliphatic carbocycles. The lowest BCUT2D eigenvalue weighted by molar-refractivity contribution is 0.101. The molecule has 0 radical (unpaired) electrons. The Morgan fingerprint density at radius 3 is 2.36 bits per heavy atom. The predicted molar refractivity (Wildman–Crippen MR) is 95.6 cm³/mol. The molecule has 0 spiro atoms. The van der Waals surface area contributed by atoms with Crippen molar-refractivity contribution in [3.8, 4) is 5.69 Å². The standard InChI is InChI=1S/C16H12ClN3O3S2/c1-11(21)15-18-20(13-9-7-12(17)8-10-13)16(24-15)19-25(22,23)14-5-3-2-4-6-14/h2-10H,1H3/b19-16-. The number of aromatic nitrogens is 2. The molecule has 0 aliphatic rings. The van der Waals surface area contributed by atoms with E-state index in [9.17, 15) is 13.2 Å². The summed E-state index contributed by atoms with van der Waals surface area (Å²) in [6, 6.07) is 14.5. The Bertz CT molecular complexity index is 1090. The quantitative estimate of drug-likeness (QED) is 0.638. The van der Waals surface area contributed by atoms with Crippen LogP contribution in [0.5, 0.6) is 0 Å². The second kappa shape index (κ2) is 6.91. The Morgan fingerprint density at radius 2 is 1.76 bits per heavy atom. The van der Waals surface area contributed by atoms with Gasteiger partial charge in [-0.2, -0.15) is 13.5 Å². The first-order chi connectivity index (χ1) is 11.9. The number of carbonyl (C=O) groups excluding carboxylic acids is 1. The summed E-state index contributed by atoms with van der Waals surface area (Å²) in [6.45, 7) is 1.36. The SMILES string of the molecule is CC(=O)c1nn(-c2ccc(Cl)cc2)/c(=N/S(=O)(=O)c2ccccc2)s1. The van der Waals surface area contributed by atoms with E-state index in [1.807, 2.05) is 0 Å². The molecule has 0 saturated carbocycles. The summed E-state index contributed by atoms with van der Waals surface area (Å²) >= 11 is 6.79. The minimum absolute atomic E-state index is 0.0652. The van der Waals surface area contributed by atoms with Gasteiger partial charge in [0.05, 0.1) is 10.6 Å². The van der Waals surface area contributed by atoms with Gasteiger partial charge in [-0.15, -0.1) is 4.40 Å². The monoisotopic (exact) mass is 393 g/mol. The lowest BCUT2D eigenvalue weighted by Gasteiger charge is -2.01. The maximum atomic E-state index is 12.5. The van der Waals surface area contributed by atoms with E-state index in [0.717, 1.165) is 11.3 Å². The van der Waals surface area contributed by atoms with Gasteiger partial charge in [0.2, 0.25) is 4.80 Å². The first kappa shape index (κ1) is 17.5. The number of hydrogen-bond acceptors (Lipinski definition) is 5. The Hall–Kier alpha value is -2.29. The predicted octanol–water partition coefficient (Wildman–Crippen LogP) is 3.08. The summed E-state index contributed by atoms with van der Waals surface area (Å²) in [5.41, 5.74) is 0.551. The third-order valence-electron chi connectivity index (χ3n) is 3.17.